The van der Waals surface area contributed by atoms with Crippen molar-refractivity contribution in [3.63, 3.8) is 0 Å². The van der Waals surface area contributed by atoms with Crippen LogP contribution < -0.4 is 9.47 Å². The second kappa shape index (κ2) is 20.4. The Morgan fingerprint density at radius 3 is 1.76 bits per heavy atom. The van der Waals surface area contributed by atoms with Gasteiger partial charge in [-0.1, -0.05) is 103 Å². The summed E-state index contributed by atoms with van der Waals surface area (Å²) in [5, 5.41) is 0. The second-order valence-corrected chi connectivity index (χ2v) is 12.0. The maximum Gasteiger partial charge on any atom is 0.346 e. The molecule has 0 aliphatic rings. The number of esters is 2. The first-order valence-electron chi connectivity index (χ1n) is 17.1. The van der Waals surface area contributed by atoms with E-state index in [9.17, 15) is 18.4 Å². The van der Waals surface area contributed by atoms with Gasteiger partial charge in [0, 0.05) is 6.07 Å². The summed E-state index contributed by atoms with van der Waals surface area (Å²) in [6.45, 7) is 6.80. The number of carbonyl (C=O) groups is 2. The Morgan fingerprint density at radius 2 is 1.13 bits per heavy atom. The Labute approximate surface area is 273 Å². The van der Waals surface area contributed by atoms with Gasteiger partial charge in [0.15, 0.2) is 0 Å². The van der Waals surface area contributed by atoms with E-state index >= 15 is 0 Å². The van der Waals surface area contributed by atoms with Crippen molar-refractivity contribution in [1.82, 2.24) is 0 Å². The van der Waals surface area contributed by atoms with Crippen molar-refractivity contribution < 1.29 is 32.6 Å². The molecule has 0 aliphatic carbocycles. The fraction of sp³-hybridized carbons (Fsp3) is 0.487. The molecule has 46 heavy (non-hydrogen) atoms. The molecule has 3 aromatic rings. The van der Waals surface area contributed by atoms with Crippen LogP contribution in [0.1, 0.15) is 131 Å². The number of hydrogen-bond acceptors (Lipinski definition) is 5. The number of benzene rings is 3. The first kappa shape index (κ1) is 36.7. The van der Waals surface area contributed by atoms with Crippen molar-refractivity contribution >= 4 is 11.9 Å². The smallest absolute Gasteiger partial charge is 0.346 e. The molecule has 3 aromatic carbocycles. The molecule has 0 fully saturated rings. The maximum atomic E-state index is 15.0. The summed E-state index contributed by atoms with van der Waals surface area (Å²) >= 11 is 0. The molecule has 5 nitrogen and oxygen atoms in total. The lowest BCUT2D eigenvalue weighted by molar-refractivity contribution is 0.0314. The van der Waals surface area contributed by atoms with Gasteiger partial charge in [0.2, 0.25) is 0 Å². The van der Waals surface area contributed by atoms with Gasteiger partial charge in [0.1, 0.15) is 23.1 Å². The lowest BCUT2D eigenvalue weighted by Gasteiger charge is -2.14. The number of ether oxygens (including phenoxy) is 3. The minimum Gasteiger partial charge on any atom is -0.494 e. The van der Waals surface area contributed by atoms with Crippen LogP contribution >= 0.6 is 0 Å². The Morgan fingerprint density at radius 1 is 0.609 bits per heavy atom. The summed E-state index contributed by atoms with van der Waals surface area (Å²) in [5.74, 6) is -2.79. The first-order chi connectivity index (χ1) is 22.3. The third kappa shape index (κ3) is 12.6. The molecule has 0 heterocycles. The molecule has 0 radical (unpaired) electrons. The Kier molecular flexibility index (Phi) is 16.3. The van der Waals surface area contributed by atoms with Gasteiger partial charge in [0.25, 0.3) is 0 Å². The number of halogens is 2. The minimum atomic E-state index is -0.972. The Hall–Kier alpha value is -3.74. The van der Waals surface area contributed by atoms with Crippen molar-refractivity contribution in [2.24, 2.45) is 0 Å². The molecule has 0 amide bonds. The minimum absolute atomic E-state index is 0.145. The fourth-order valence-electron chi connectivity index (χ4n) is 5.26. The average molecular weight is 637 g/mol. The molecule has 0 saturated carbocycles. The molecule has 0 N–H and O–H groups in total. The van der Waals surface area contributed by atoms with Gasteiger partial charge in [-0.15, -0.1) is 0 Å². The molecule has 7 heteroatoms. The van der Waals surface area contributed by atoms with E-state index in [1.807, 2.05) is 24.3 Å². The van der Waals surface area contributed by atoms with E-state index in [1.165, 1.54) is 69.2 Å². The van der Waals surface area contributed by atoms with Crippen LogP contribution in [0.2, 0.25) is 0 Å². The monoisotopic (exact) mass is 636 g/mol. The quantitative estimate of drug-likeness (QED) is 0.0661. The van der Waals surface area contributed by atoms with Crippen molar-refractivity contribution in [1.29, 1.82) is 0 Å². The van der Waals surface area contributed by atoms with Gasteiger partial charge in [-0.25, -0.2) is 18.4 Å². The van der Waals surface area contributed by atoms with E-state index in [1.54, 1.807) is 13.0 Å². The molecule has 0 aromatic heterocycles. The third-order valence-electron chi connectivity index (χ3n) is 8.04. The van der Waals surface area contributed by atoms with Crippen LogP contribution in [0.3, 0.4) is 0 Å². The highest BCUT2D eigenvalue weighted by atomic mass is 19.1. The van der Waals surface area contributed by atoms with Crippen molar-refractivity contribution in [2.45, 2.75) is 117 Å². The molecule has 0 spiro atoms. The average Bonchev–Trinajstić information content (AvgIpc) is 3.04. The molecule has 3 rings (SSSR count). The van der Waals surface area contributed by atoms with Crippen LogP contribution in [-0.2, 0) is 4.74 Å². The Balaban J connectivity index is 1.46. The van der Waals surface area contributed by atoms with Gasteiger partial charge in [-0.2, -0.15) is 0 Å². The van der Waals surface area contributed by atoms with Gasteiger partial charge >= 0.3 is 11.9 Å². The van der Waals surface area contributed by atoms with Gasteiger partial charge < -0.3 is 14.2 Å². The zero-order valence-electron chi connectivity index (χ0n) is 27.8. The van der Waals surface area contributed by atoms with E-state index in [4.69, 9.17) is 14.2 Å². The van der Waals surface area contributed by atoms with Gasteiger partial charge in [0.05, 0.1) is 23.8 Å². The van der Waals surface area contributed by atoms with E-state index in [-0.39, 0.29) is 23.0 Å². The molecule has 0 bridgehead atoms. The highest BCUT2D eigenvalue weighted by Crippen LogP contribution is 2.26. The number of carbonyl (C=O) groups excluding carboxylic acids is 2. The number of hydrogen-bond donors (Lipinski definition) is 0. The number of unbranched alkanes of at least 4 members (excludes halogenated alkanes) is 11. The molecule has 0 aliphatic heterocycles. The van der Waals surface area contributed by atoms with E-state index < -0.39 is 23.6 Å². The molecule has 0 saturated heterocycles. The summed E-state index contributed by atoms with van der Waals surface area (Å²) in [4.78, 5) is 25.1. The lowest BCUT2D eigenvalue weighted by Crippen LogP contribution is -2.16. The van der Waals surface area contributed by atoms with Crippen LogP contribution in [0, 0.1) is 11.6 Å². The summed E-state index contributed by atoms with van der Waals surface area (Å²) < 4.78 is 46.1. The predicted molar refractivity (Wildman–Crippen MR) is 180 cm³/mol. The van der Waals surface area contributed by atoms with Crippen molar-refractivity contribution in [3.05, 3.63) is 83.4 Å². The molecule has 1 atom stereocenters. The standard InChI is InChI=1S/C39H50F2O5/c1-4-6-8-10-11-12-13-14-16-26-44-32-21-18-30(19-22-32)31-20-24-34(36(40)27-31)39(43)46-33-23-25-35(37(41)28-33)38(42)45-29(3)17-15-9-7-5-2/h18-25,27-29H,4-17,26H2,1-3H3/t29-/m1/s1. The van der Waals surface area contributed by atoms with Crippen LogP contribution in [0.5, 0.6) is 11.5 Å². The lowest BCUT2D eigenvalue weighted by atomic mass is 10.0. The summed E-state index contributed by atoms with van der Waals surface area (Å²) in [6.07, 6.45) is 15.9. The topological polar surface area (TPSA) is 61.8 Å². The van der Waals surface area contributed by atoms with Crippen molar-refractivity contribution in [2.75, 3.05) is 6.61 Å². The first-order valence-corrected chi connectivity index (χ1v) is 17.1. The normalized spacial score (nSPS) is 11.7. The second-order valence-electron chi connectivity index (χ2n) is 12.0. The zero-order chi connectivity index (χ0) is 33.1. The molecule has 250 valence electrons. The third-order valence-corrected chi connectivity index (χ3v) is 8.04. The van der Waals surface area contributed by atoms with E-state index in [0.717, 1.165) is 55.9 Å². The van der Waals surface area contributed by atoms with Crippen LogP contribution in [0.25, 0.3) is 11.1 Å². The van der Waals surface area contributed by atoms with E-state index in [2.05, 4.69) is 13.8 Å². The molecule has 0 unspecified atom stereocenters. The highest BCUT2D eigenvalue weighted by molar-refractivity contribution is 5.93. The summed E-state index contributed by atoms with van der Waals surface area (Å²) in [5.41, 5.74) is 0.822. The largest absolute Gasteiger partial charge is 0.494 e. The fourth-order valence-corrected chi connectivity index (χ4v) is 5.26. The van der Waals surface area contributed by atoms with Crippen LogP contribution in [0.15, 0.2) is 60.7 Å². The predicted octanol–water partition coefficient (Wildman–Crippen LogP) is 11.3. The van der Waals surface area contributed by atoms with Gasteiger partial charge in [-0.05, 0) is 73.7 Å². The SMILES string of the molecule is CCCCCCCCCCCOc1ccc(-c2ccc(C(=O)Oc3ccc(C(=O)O[C@H](C)CCCCCC)c(F)c3)c(F)c2)cc1. The van der Waals surface area contributed by atoms with Crippen LogP contribution in [0.4, 0.5) is 8.78 Å². The van der Waals surface area contributed by atoms with Crippen molar-refractivity contribution in [3.8, 4) is 22.6 Å². The molecular weight excluding hydrogens is 586 g/mol. The highest BCUT2D eigenvalue weighted by Gasteiger charge is 2.20. The van der Waals surface area contributed by atoms with Crippen LogP contribution in [-0.4, -0.2) is 24.6 Å². The van der Waals surface area contributed by atoms with E-state index in [0.29, 0.717) is 18.6 Å². The zero-order valence-corrected chi connectivity index (χ0v) is 27.8. The van der Waals surface area contributed by atoms with Gasteiger partial charge in [-0.3, -0.25) is 0 Å². The summed E-state index contributed by atoms with van der Waals surface area (Å²) in [7, 11) is 0. The summed E-state index contributed by atoms with van der Waals surface area (Å²) in [6, 6.07) is 15.0. The number of rotatable bonds is 21. The Bertz CT molecular complexity index is 1350. The molecular formula is C39H50F2O5. The maximum absolute atomic E-state index is 15.0.